The number of hydrogen-bond acceptors (Lipinski definition) is 5. The van der Waals surface area contributed by atoms with Gasteiger partial charge in [0.2, 0.25) is 5.95 Å². The molecule has 1 atom stereocenters. The zero-order valence-corrected chi connectivity index (χ0v) is 19.5. The molecule has 1 amide bonds. The van der Waals surface area contributed by atoms with Crippen LogP contribution in [0.4, 0.5) is 11.6 Å². The number of anilines is 2. The Hall–Kier alpha value is -3.64. The number of nitrogens with zero attached hydrogens (tertiary/aromatic N) is 2. The van der Waals surface area contributed by atoms with E-state index in [0.717, 1.165) is 34.0 Å². The molecule has 0 aliphatic carbocycles. The number of fused-ring (bicyclic) bond motifs is 1. The Labute approximate surface area is 197 Å². The molecular weight excluding hydrogens is 436 g/mol. The fourth-order valence-corrected chi connectivity index (χ4v) is 3.89. The lowest BCUT2D eigenvalue weighted by Crippen LogP contribution is -2.13. The summed E-state index contributed by atoms with van der Waals surface area (Å²) < 4.78 is 5.46. The van der Waals surface area contributed by atoms with Gasteiger partial charge >= 0.3 is 0 Å². The predicted octanol–water partition coefficient (Wildman–Crippen LogP) is 6.31. The largest absolute Gasteiger partial charge is 0.495 e. The molecule has 6 nitrogen and oxygen atoms in total. The van der Waals surface area contributed by atoms with Crippen molar-refractivity contribution in [1.82, 2.24) is 9.97 Å². The summed E-state index contributed by atoms with van der Waals surface area (Å²) in [5.74, 6) is 0.962. The lowest BCUT2D eigenvalue weighted by molar-refractivity contribution is 0.102. The second-order valence-corrected chi connectivity index (χ2v) is 8.33. The van der Waals surface area contributed by atoms with Crippen LogP contribution in [0, 0.1) is 0 Å². The number of halogens is 1. The van der Waals surface area contributed by atoms with Crippen molar-refractivity contribution in [3.05, 3.63) is 76.9 Å². The van der Waals surface area contributed by atoms with Gasteiger partial charge in [0.15, 0.2) is 0 Å². The number of carbonyl (C=O) groups is 1. The molecule has 1 heterocycles. The number of nitrogens with two attached hydrogens (primary N) is 1. The summed E-state index contributed by atoms with van der Waals surface area (Å²) >= 11 is 6.49. The van der Waals surface area contributed by atoms with Gasteiger partial charge in [-0.25, -0.2) is 9.97 Å². The van der Waals surface area contributed by atoms with Crippen LogP contribution in [0.2, 0.25) is 5.02 Å². The van der Waals surface area contributed by atoms with E-state index < -0.39 is 0 Å². The fourth-order valence-electron chi connectivity index (χ4n) is 3.66. The molecule has 168 valence electrons. The molecule has 3 N–H and O–H groups in total. The predicted molar refractivity (Wildman–Crippen MR) is 134 cm³/mol. The van der Waals surface area contributed by atoms with Gasteiger partial charge in [0.25, 0.3) is 5.91 Å². The molecule has 0 radical (unpaired) electrons. The Kier molecular flexibility index (Phi) is 6.47. The van der Waals surface area contributed by atoms with E-state index in [1.165, 1.54) is 0 Å². The minimum Gasteiger partial charge on any atom is -0.495 e. The molecule has 0 aliphatic heterocycles. The summed E-state index contributed by atoms with van der Waals surface area (Å²) in [6, 6.07) is 16.8. The smallest absolute Gasteiger partial charge is 0.255 e. The van der Waals surface area contributed by atoms with Crippen molar-refractivity contribution >= 4 is 40.0 Å². The maximum atomic E-state index is 13.1. The SMILES string of the molecule is CCC(C)c1ccc(OC)c(NC(=O)c2ccc(Cl)c(-c3ccc4nc(N)ncc4c3)c2)c1. The molecular formula is C26H25ClN4O2. The molecule has 33 heavy (non-hydrogen) atoms. The van der Waals surface area contributed by atoms with Crippen LogP contribution in [0.25, 0.3) is 22.0 Å². The number of aromatic nitrogens is 2. The molecule has 4 rings (SSSR count). The zero-order chi connectivity index (χ0) is 23.5. The first-order valence-electron chi connectivity index (χ1n) is 10.7. The fraction of sp³-hybridized carbons (Fsp3) is 0.192. The highest BCUT2D eigenvalue weighted by Crippen LogP contribution is 2.33. The molecule has 3 aromatic carbocycles. The van der Waals surface area contributed by atoms with Gasteiger partial charge in [-0.2, -0.15) is 0 Å². The maximum Gasteiger partial charge on any atom is 0.255 e. The molecule has 7 heteroatoms. The van der Waals surface area contributed by atoms with Crippen molar-refractivity contribution in [1.29, 1.82) is 0 Å². The first-order valence-corrected chi connectivity index (χ1v) is 11.1. The lowest BCUT2D eigenvalue weighted by Gasteiger charge is -2.15. The minimum atomic E-state index is -0.246. The van der Waals surface area contributed by atoms with E-state index in [-0.39, 0.29) is 11.9 Å². The monoisotopic (exact) mass is 460 g/mol. The molecule has 0 saturated carbocycles. The van der Waals surface area contributed by atoms with Gasteiger partial charge in [-0.05, 0) is 65.9 Å². The molecule has 0 aliphatic rings. The van der Waals surface area contributed by atoms with Crippen LogP contribution in [-0.2, 0) is 0 Å². The van der Waals surface area contributed by atoms with Crippen LogP contribution in [-0.4, -0.2) is 23.0 Å². The highest BCUT2D eigenvalue weighted by Gasteiger charge is 2.15. The van der Waals surface area contributed by atoms with Gasteiger partial charge in [0, 0.05) is 27.7 Å². The molecule has 1 aromatic heterocycles. The molecule has 0 saturated heterocycles. The third kappa shape index (κ3) is 4.76. The van der Waals surface area contributed by atoms with Gasteiger partial charge in [-0.15, -0.1) is 0 Å². The van der Waals surface area contributed by atoms with Gasteiger partial charge in [0.05, 0.1) is 18.3 Å². The van der Waals surface area contributed by atoms with Crippen LogP contribution in [0.15, 0.2) is 60.8 Å². The van der Waals surface area contributed by atoms with E-state index in [9.17, 15) is 4.79 Å². The summed E-state index contributed by atoms with van der Waals surface area (Å²) in [6.07, 6.45) is 2.67. The van der Waals surface area contributed by atoms with E-state index in [1.807, 2.05) is 36.4 Å². The lowest BCUT2D eigenvalue weighted by atomic mass is 9.98. The van der Waals surface area contributed by atoms with Crippen molar-refractivity contribution < 1.29 is 9.53 Å². The molecule has 4 aromatic rings. The Morgan fingerprint density at radius 3 is 2.73 bits per heavy atom. The Bertz CT molecular complexity index is 1340. The molecule has 0 spiro atoms. The third-order valence-electron chi connectivity index (χ3n) is 5.79. The second-order valence-electron chi connectivity index (χ2n) is 7.92. The number of hydrogen-bond donors (Lipinski definition) is 2. The number of rotatable bonds is 6. The molecule has 0 bridgehead atoms. The molecule has 1 unspecified atom stereocenters. The van der Waals surface area contributed by atoms with E-state index in [2.05, 4.69) is 29.1 Å². The van der Waals surface area contributed by atoms with E-state index >= 15 is 0 Å². The van der Waals surface area contributed by atoms with E-state index in [1.54, 1.807) is 31.5 Å². The average molecular weight is 461 g/mol. The van der Waals surface area contributed by atoms with Crippen molar-refractivity contribution in [3.8, 4) is 16.9 Å². The van der Waals surface area contributed by atoms with Gasteiger partial charge in [-0.3, -0.25) is 4.79 Å². The van der Waals surface area contributed by atoms with Crippen LogP contribution in [0.1, 0.15) is 42.1 Å². The third-order valence-corrected chi connectivity index (χ3v) is 6.12. The standard InChI is InChI=1S/C26H25ClN4O2/c1-4-15(2)16-7-10-24(33-3)23(13-16)30-25(32)18-5-8-21(27)20(12-18)17-6-9-22-19(11-17)14-29-26(28)31-22/h5-15H,4H2,1-3H3,(H,30,32)(H2,28,29,31). The summed E-state index contributed by atoms with van der Waals surface area (Å²) in [6.45, 7) is 4.29. The van der Waals surface area contributed by atoms with Crippen molar-refractivity contribution in [2.24, 2.45) is 0 Å². The second kappa shape index (κ2) is 9.46. The minimum absolute atomic E-state index is 0.222. The van der Waals surface area contributed by atoms with Gasteiger partial charge in [-0.1, -0.05) is 37.6 Å². The number of ether oxygens (including phenoxy) is 1. The zero-order valence-electron chi connectivity index (χ0n) is 18.7. The average Bonchev–Trinajstić information content (AvgIpc) is 2.83. The summed E-state index contributed by atoms with van der Waals surface area (Å²) in [7, 11) is 1.59. The maximum absolute atomic E-state index is 13.1. The van der Waals surface area contributed by atoms with Crippen molar-refractivity contribution in [3.63, 3.8) is 0 Å². The normalized spacial score (nSPS) is 11.9. The topological polar surface area (TPSA) is 90.1 Å². The van der Waals surface area contributed by atoms with Crippen LogP contribution in [0.5, 0.6) is 5.75 Å². The van der Waals surface area contributed by atoms with Crippen LogP contribution in [0.3, 0.4) is 0 Å². The summed E-state index contributed by atoms with van der Waals surface area (Å²) in [5, 5.41) is 4.36. The van der Waals surface area contributed by atoms with Gasteiger partial charge in [0.1, 0.15) is 5.75 Å². The summed E-state index contributed by atoms with van der Waals surface area (Å²) in [5.41, 5.74) is 10.3. The number of carbonyl (C=O) groups excluding carboxylic acids is 1. The summed E-state index contributed by atoms with van der Waals surface area (Å²) in [4.78, 5) is 21.4. The first-order chi connectivity index (χ1) is 15.9. The van der Waals surface area contributed by atoms with E-state index in [4.69, 9.17) is 22.1 Å². The Balaban J connectivity index is 1.67. The van der Waals surface area contributed by atoms with Gasteiger partial charge < -0.3 is 15.8 Å². The first kappa shape index (κ1) is 22.6. The van der Waals surface area contributed by atoms with Crippen LogP contribution < -0.4 is 15.8 Å². The van der Waals surface area contributed by atoms with Crippen LogP contribution >= 0.6 is 11.6 Å². The number of nitrogens with one attached hydrogen (secondary N) is 1. The van der Waals surface area contributed by atoms with E-state index in [0.29, 0.717) is 27.9 Å². The quantitative estimate of drug-likeness (QED) is 0.352. The number of benzene rings is 3. The number of nitrogen functional groups attached to an aromatic ring is 1. The Morgan fingerprint density at radius 1 is 1.15 bits per heavy atom. The highest BCUT2D eigenvalue weighted by atomic mass is 35.5. The number of amides is 1. The number of methoxy groups -OCH3 is 1. The molecule has 0 fully saturated rings. The van der Waals surface area contributed by atoms with Crippen molar-refractivity contribution in [2.75, 3.05) is 18.2 Å². The van der Waals surface area contributed by atoms with Crippen molar-refractivity contribution in [2.45, 2.75) is 26.2 Å². The Morgan fingerprint density at radius 2 is 1.97 bits per heavy atom. The highest BCUT2D eigenvalue weighted by molar-refractivity contribution is 6.33.